The second-order valence-electron chi connectivity index (χ2n) is 8.01. The zero-order valence-electron chi connectivity index (χ0n) is 18.3. The van der Waals surface area contributed by atoms with Crippen LogP contribution in [0.1, 0.15) is 25.8 Å². The number of fused-ring (bicyclic) bond motifs is 1. The molecule has 6 heteroatoms. The number of hydrogen-bond acceptors (Lipinski definition) is 4. The Bertz CT molecular complexity index is 1250. The summed E-state index contributed by atoms with van der Waals surface area (Å²) in [6.45, 7) is 7.97. The molecule has 0 unspecified atom stereocenters. The molecule has 1 aliphatic heterocycles. The molecule has 4 rings (SSSR count). The maximum Gasteiger partial charge on any atom is 0.267 e. The van der Waals surface area contributed by atoms with E-state index < -0.39 is 0 Å². The molecule has 0 saturated heterocycles. The van der Waals surface area contributed by atoms with E-state index in [1.165, 1.54) is 0 Å². The Morgan fingerprint density at radius 3 is 2.84 bits per heavy atom. The zero-order valence-corrected chi connectivity index (χ0v) is 18.3. The van der Waals surface area contributed by atoms with Gasteiger partial charge in [0.25, 0.3) is 5.91 Å². The molecule has 0 spiro atoms. The van der Waals surface area contributed by atoms with E-state index in [0.29, 0.717) is 17.8 Å². The standard InChI is InChI=1S/C26H27N5O/c1-17(2)28-26(32)25-10-5-4-7-19(13-18(3)29-25)20-8-6-9-22(14-20)30-23-11-12-24-21(15-23)16-27-31-24/h4,6-17,29-30H,3,5H2,1-2H3,(H,27,31)(H,28,32)/b7-4-,19-13+,25-10-. The van der Waals surface area contributed by atoms with Crippen molar-refractivity contribution in [3.8, 4) is 0 Å². The van der Waals surface area contributed by atoms with Gasteiger partial charge in [-0.05, 0) is 67.8 Å². The normalized spacial score (nSPS) is 18.4. The summed E-state index contributed by atoms with van der Waals surface area (Å²) in [5.41, 5.74) is 6.20. The summed E-state index contributed by atoms with van der Waals surface area (Å²) in [5, 5.41) is 17.6. The number of carbonyl (C=O) groups excluding carboxylic acids is 1. The predicted molar refractivity (Wildman–Crippen MR) is 131 cm³/mol. The summed E-state index contributed by atoms with van der Waals surface area (Å²) < 4.78 is 0. The molecule has 0 aliphatic carbocycles. The highest BCUT2D eigenvalue weighted by Crippen LogP contribution is 2.26. The third kappa shape index (κ3) is 5.16. The number of hydrogen-bond donors (Lipinski definition) is 4. The summed E-state index contributed by atoms with van der Waals surface area (Å²) in [5.74, 6) is -0.132. The topological polar surface area (TPSA) is 81.8 Å². The Balaban J connectivity index is 1.54. The van der Waals surface area contributed by atoms with Crippen LogP contribution in [0.25, 0.3) is 16.5 Å². The first-order valence-electron chi connectivity index (χ1n) is 10.6. The first kappa shape index (κ1) is 21.2. The third-order valence-electron chi connectivity index (χ3n) is 4.97. The van der Waals surface area contributed by atoms with Crippen molar-refractivity contribution >= 4 is 33.8 Å². The molecule has 1 aliphatic rings. The van der Waals surface area contributed by atoms with Crippen molar-refractivity contribution in [2.75, 3.05) is 5.32 Å². The fourth-order valence-electron chi connectivity index (χ4n) is 3.51. The molecule has 162 valence electrons. The summed E-state index contributed by atoms with van der Waals surface area (Å²) in [6.07, 6.45) is 10.4. The van der Waals surface area contributed by atoms with Crippen LogP contribution in [0.5, 0.6) is 0 Å². The molecular weight excluding hydrogens is 398 g/mol. The lowest BCUT2D eigenvalue weighted by molar-refractivity contribution is -0.118. The van der Waals surface area contributed by atoms with Crippen LogP contribution >= 0.6 is 0 Å². The molecule has 0 radical (unpaired) electrons. The molecule has 3 aromatic rings. The number of H-pyrrole nitrogens is 1. The van der Waals surface area contributed by atoms with E-state index in [-0.39, 0.29) is 11.9 Å². The van der Waals surface area contributed by atoms with Gasteiger partial charge in [0.1, 0.15) is 5.70 Å². The molecule has 0 bridgehead atoms. The molecule has 1 amide bonds. The van der Waals surface area contributed by atoms with Gasteiger partial charge in [0.2, 0.25) is 0 Å². The maximum atomic E-state index is 12.4. The molecule has 6 nitrogen and oxygen atoms in total. The molecule has 4 N–H and O–H groups in total. The van der Waals surface area contributed by atoms with Gasteiger partial charge in [-0.1, -0.05) is 36.9 Å². The van der Waals surface area contributed by atoms with E-state index in [9.17, 15) is 4.79 Å². The Hall–Kier alpha value is -4.06. The number of amides is 1. The van der Waals surface area contributed by atoms with Crippen molar-refractivity contribution in [1.82, 2.24) is 20.8 Å². The van der Waals surface area contributed by atoms with Crippen LogP contribution in [0, 0.1) is 0 Å². The van der Waals surface area contributed by atoms with E-state index in [1.54, 1.807) is 0 Å². The Morgan fingerprint density at radius 2 is 2.00 bits per heavy atom. The van der Waals surface area contributed by atoms with Crippen LogP contribution in [0.3, 0.4) is 0 Å². The quantitative estimate of drug-likeness (QED) is 0.455. The van der Waals surface area contributed by atoms with E-state index >= 15 is 0 Å². The average molecular weight is 426 g/mol. The highest BCUT2D eigenvalue weighted by Gasteiger charge is 2.12. The predicted octanol–water partition coefficient (Wildman–Crippen LogP) is 5.16. The first-order chi connectivity index (χ1) is 15.5. The van der Waals surface area contributed by atoms with Crippen LogP contribution in [0.15, 0.2) is 90.9 Å². The number of benzene rings is 2. The minimum atomic E-state index is -0.132. The first-order valence-corrected chi connectivity index (χ1v) is 10.6. The third-order valence-corrected chi connectivity index (χ3v) is 4.97. The molecule has 32 heavy (non-hydrogen) atoms. The van der Waals surface area contributed by atoms with Crippen molar-refractivity contribution in [2.24, 2.45) is 0 Å². The number of rotatable bonds is 5. The molecule has 2 aromatic carbocycles. The van der Waals surface area contributed by atoms with Crippen molar-refractivity contribution in [2.45, 2.75) is 26.3 Å². The van der Waals surface area contributed by atoms with E-state index in [2.05, 4.69) is 57.0 Å². The maximum absolute atomic E-state index is 12.4. The molecule has 0 atom stereocenters. The highest BCUT2D eigenvalue weighted by molar-refractivity contribution is 5.93. The summed E-state index contributed by atoms with van der Waals surface area (Å²) >= 11 is 0. The number of allylic oxidation sites excluding steroid dienone is 5. The van der Waals surface area contributed by atoms with Crippen molar-refractivity contribution in [3.63, 3.8) is 0 Å². The van der Waals surface area contributed by atoms with Gasteiger partial charge < -0.3 is 16.0 Å². The number of carbonyl (C=O) groups is 1. The second-order valence-corrected chi connectivity index (χ2v) is 8.01. The molecular formula is C26H27N5O. The van der Waals surface area contributed by atoms with Crippen LogP contribution in [-0.4, -0.2) is 22.1 Å². The van der Waals surface area contributed by atoms with E-state index in [4.69, 9.17) is 0 Å². The van der Waals surface area contributed by atoms with Gasteiger partial charge in [-0.3, -0.25) is 9.89 Å². The number of nitrogens with one attached hydrogen (secondary N) is 4. The minimum Gasteiger partial charge on any atom is -0.355 e. The minimum absolute atomic E-state index is 0.0669. The monoisotopic (exact) mass is 425 g/mol. The van der Waals surface area contributed by atoms with Crippen molar-refractivity contribution in [1.29, 1.82) is 0 Å². The van der Waals surface area contributed by atoms with Gasteiger partial charge in [0, 0.05) is 28.5 Å². The molecule has 0 saturated carbocycles. The number of nitrogens with zero attached hydrogens (tertiary/aromatic N) is 1. The van der Waals surface area contributed by atoms with Crippen LogP contribution < -0.4 is 16.0 Å². The van der Waals surface area contributed by atoms with Crippen molar-refractivity contribution in [3.05, 3.63) is 96.5 Å². The summed E-state index contributed by atoms with van der Waals surface area (Å²) in [4.78, 5) is 12.4. The Kier molecular flexibility index (Phi) is 6.22. The van der Waals surface area contributed by atoms with Gasteiger partial charge in [0.05, 0.1) is 11.7 Å². The second kappa shape index (κ2) is 9.39. The zero-order chi connectivity index (χ0) is 22.5. The summed E-state index contributed by atoms with van der Waals surface area (Å²) in [7, 11) is 0. The van der Waals surface area contributed by atoms with E-state index in [1.807, 2.05) is 62.5 Å². The Morgan fingerprint density at radius 1 is 1.16 bits per heavy atom. The van der Waals surface area contributed by atoms with Gasteiger partial charge in [0.15, 0.2) is 0 Å². The Labute approximate surface area is 187 Å². The van der Waals surface area contributed by atoms with Crippen LogP contribution in [-0.2, 0) is 4.79 Å². The van der Waals surface area contributed by atoms with Gasteiger partial charge in [-0.15, -0.1) is 0 Å². The highest BCUT2D eigenvalue weighted by atomic mass is 16.2. The fourth-order valence-corrected chi connectivity index (χ4v) is 3.51. The molecule has 2 heterocycles. The van der Waals surface area contributed by atoms with Crippen LogP contribution in [0.4, 0.5) is 11.4 Å². The smallest absolute Gasteiger partial charge is 0.267 e. The van der Waals surface area contributed by atoms with Crippen molar-refractivity contribution < 1.29 is 4.79 Å². The average Bonchev–Trinajstić information content (AvgIpc) is 3.25. The lowest BCUT2D eigenvalue weighted by atomic mass is 10.0. The molecule has 1 aromatic heterocycles. The summed E-state index contributed by atoms with van der Waals surface area (Å²) in [6, 6.07) is 14.4. The largest absolute Gasteiger partial charge is 0.355 e. The SMILES string of the molecule is C=C1/C=C(c2cccc(Nc3ccc4[nH]ncc4c3)c2)\C=C/C/C=C(/C(=O)NC(C)C)N1. The number of aromatic amines is 1. The van der Waals surface area contributed by atoms with E-state index in [0.717, 1.165) is 33.4 Å². The number of aromatic nitrogens is 2. The van der Waals surface area contributed by atoms with Gasteiger partial charge in [-0.25, -0.2) is 0 Å². The fraction of sp³-hybridized carbons (Fsp3) is 0.154. The van der Waals surface area contributed by atoms with Gasteiger partial charge >= 0.3 is 0 Å². The van der Waals surface area contributed by atoms with Gasteiger partial charge in [-0.2, -0.15) is 5.10 Å². The van der Waals surface area contributed by atoms with Crippen LogP contribution in [0.2, 0.25) is 0 Å². The molecule has 0 fully saturated rings. The lowest BCUT2D eigenvalue weighted by Crippen LogP contribution is -2.35. The number of anilines is 2. The lowest BCUT2D eigenvalue weighted by Gasteiger charge is -2.14.